The van der Waals surface area contributed by atoms with Crippen LogP contribution in [0.15, 0.2) is 0 Å². The van der Waals surface area contributed by atoms with Crippen molar-refractivity contribution in [2.24, 2.45) is 5.73 Å². The van der Waals surface area contributed by atoms with E-state index in [9.17, 15) is 8.42 Å². The van der Waals surface area contributed by atoms with Crippen LogP contribution in [0.1, 0.15) is 24.8 Å². The molecule has 0 aliphatic rings. The molecule has 15 heavy (non-hydrogen) atoms. The number of hydrogen-bond acceptors (Lipinski definition) is 6. The summed E-state index contributed by atoms with van der Waals surface area (Å²) < 4.78 is 25.3. The molecule has 0 radical (unpaired) electrons. The molecular weight excluding hydrogens is 236 g/mol. The largest absolute Gasteiger partial charge is 0.324 e. The van der Waals surface area contributed by atoms with E-state index in [4.69, 9.17) is 5.73 Å². The van der Waals surface area contributed by atoms with Crippen LogP contribution < -0.4 is 10.5 Å². The van der Waals surface area contributed by atoms with Crippen molar-refractivity contribution in [1.29, 1.82) is 0 Å². The van der Waals surface area contributed by atoms with E-state index in [1.165, 1.54) is 0 Å². The summed E-state index contributed by atoms with van der Waals surface area (Å²) in [7, 11) is -3.27. The molecule has 6 nitrogen and oxygen atoms in total. The van der Waals surface area contributed by atoms with Crippen molar-refractivity contribution >= 4 is 26.5 Å². The summed E-state index contributed by atoms with van der Waals surface area (Å²) in [6, 6.07) is 0. The second-order valence-corrected chi connectivity index (χ2v) is 5.88. The standard InChI is InChI=1S/C7H14N4O2S2/c1-2-3-4-15(12,13)11-7-10-9-6(5-8)14-7/h2-5,8H2,1H3,(H,10,11). The molecule has 0 amide bonds. The molecule has 0 saturated heterocycles. The molecule has 0 bridgehead atoms. The molecule has 0 aliphatic carbocycles. The highest BCUT2D eigenvalue weighted by Gasteiger charge is 2.12. The summed E-state index contributed by atoms with van der Waals surface area (Å²) in [6.07, 6.45) is 1.48. The molecule has 0 unspecified atom stereocenters. The zero-order chi connectivity index (χ0) is 11.3. The number of nitrogens with two attached hydrogens (primary N) is 1. The Hall–Kier alpha value is -0.730. The number of nitrogens with zero attached hydrogens (tertiary/aromatic N) is 2. The molecule has 0 atom stereocenters. The first-order valence-corrected chi connectivity index (χ1v) is 7.07. The van der Waals surface area contributed by atoms with Crippen molar-refractivity contribution in [2.75, 3.05) is 10.5 Å². The lowest BCUT2D eigenvalue weighted by molar-refractivity contribution is 0.597. The SMILES string of the molecule is CCCCS(=O)(=O)Nc1nnc(CN)s1. The van der Waals surface area contributed by atoms with Crippen molar-refractivity contribution in [3.05, 3.63) is 5.01 Å². The van der Waals surface area contributed by atoms with Crippen LogP contribution in [0.25, 0.3) is 0 Å². The average Bonchev–Trinajstić information content (AvgIpc) is 2.62. The lowest BCUT2D eigenvalue weighted by Gasteiger charge is -2.02. The van der Waals surface area contributed by atoms with Crippen molar-refractivity contribution in [2.45, 2.75) is 26.3 Å². The predicted molar refractivity (Wildman–Crippen MR) is 60.1 cm³/mol. The molecule has 1 rings (SSSR count). The minimum absolute atomic E-state index is 0.112. The predicted octanol–water partition coefficient (Wildman–Crippen LogP) is 0.539. The molecule has 1 heterocycles. The molecule has 0 aromatic carbocycles. The van der Waals surface area contributed by atoms with E-state index in [0.29, 0.717) is 11.4 Å². The van der Waals surface area contributed by atoms with Crippen molar-refractivity contribution in [3.8, 4) is 0 Å². The fraction of sp³-hybridized carbons (Fsp3) is 0.714. The molecule has 0 saturated carbocycles. The Kier molecular flexibility index (Phi) is 4.43. The number of nitrogens with one attached hydrogen (secondary N) is 1. The van der Waals surface area contributed by atoms with Crippen LogP contribution in [0.3, 0.4) is 0 Å². The van der Waals surface area contributed by atoms with Gasteiger partial charge in [0.15, 0.2) is 0 Å². The lowest BCUT2D eigenvalue weighted by atomic mass is 10.4. The Morgan fingerprint density at radius 1 is 1.47 bits per heavy atom. The van der Waals surface area contributed by atoms with Crippen molar-refractivity contribution < 1.29 is 8.42 Å². The van der Waals surface area contributed by atoms with Crippen LogP contribution in [0, 0.1) is 0 Å². The first-order valence-electron chi connectivity index (χ1n) is 4.60. The fourth-order valence-electron chi connectivity index (χ4n) is 0.896. The molecule has 0 spiro atoms. The van der Waals surface area contributed by atoms with Gasteiger partial charge in [-0.2, -0.15) is 0 Å². The van der Waals surface area contributed by atoms with Gasteiger partial charge >= 0.3 is 0 Å². The highest BCUT2D eigenvalue weighted by atomic mass is 32.2. The monoisotopic (exact) mass is 250 g/mol. The van der Waals surface area contributed by atoms with Gasteiger partial charge in [0.25, 0.3) is 0 Å². The number of hydrogen-bond donors (Lipinski definition) is 2. The van der Waals surface area contributed by atoms with Gasteiger partial charge in [0.05, 0.1) is 5.75 Å². The minimum atomic E-state index is -3.27. The smallest absolute Gasteiger partial charge is 0.234 e. The maximum absolute atomic E-state index is 11.5. The lowest BCUT2D eigenvalue weighted by Crippen LogP contribution is -2.16. The number of anilines is 1. The minimum Gasteiger partial charge on any atom is -0.324 e. The van der Waals surface area contributed by atoms with E-state index in [-0.39, 0.29) is 17.4 Å². The summed E-state index contributed by atoms with van der Waals surface area (Å²) in [4.78, 5) is 0. The summed E-state index contributed by atoms with van der Waals surface area (Å²) in [6.45, 7) is 2.21. The highest BCUT2D eigenvalue weighted by Crippen LogP contribution is 2.16. The van der Waals surface area contributed by atoms with Gasteiger partial charge in [-0.15, -0.1) is 10.2 Å². The Bertz CT molecular complexity index is 401. The Morgan fingerprint density at radius 2 is 2.20 bits per heavy atom. The van der Waals surface area contributed by atoms with E-state index in [0.717, 1.165) is 17.8 Å². The zero-order valence-corrected chi connectivity index (χ0v) is 10.1. The number of unbranched alkanes of at least 4 members (excludes halogenated alkanes) is 1. The normalized spacial score (nSPS) is 11.6. The maximum atomic E-state index is 11.5. The third kappa shape index (κ3) is 4.10. The van der Waals surface area contributed by atoms with Crippen molar-refractivity contribution in [1.82, 2.24) is 10.2 Å². The van der Waals surface area contributed by atoms with Gasteiger partial charge in [-0.05, 0) is 6.42 Å². The highest BCUT2D eigenvalue weighted by molar-refractivity contribution is 7.92. The molecule has 0 aliphatic heterocycles. The van der Waals surface area contributed by atoms with Crippen LogP contribution in [-0.4, -0.2) is 24.4 Å². The van der Waals surface area contributed by atoms with Gasteiger partial charge in [-0.3, -0.25) is 4.72 Å². The fourth-order valence-corrected chi connectivity index (χ4v) is 2.99. The molecule has 1 aromatic rings. The summed E-state index contributed by atoms with van der Waals surface area (Å²) >= 11 is 1.16. The van der Waals surface area contributed by atoms with E-state index >= 15 is 0 Å². The maximum Gasteiger partial charge on any atom is 0.234 e. The topological polar surface area (TPSA) is 98.0 Å². The zero-order valence-electron chi connectivity index (χ0n) is 8.43. The third-order valence-corrected chi connectivity index (χ3v) is 3.97. The molecule has 86 valence electrons. The van der Waals surface area contributed by atoms with Gasteiger partial charge in [0, 0.05) is 6.54 Å². The Balaban J connectivity index is 2.60. The summed E-state index contributed by atoms with van der Waals surface area (Å²) in [5.41, 5.74) is 5.34. The van der Waals surface area contributed by atoms with Crippen LogP contribution >= 0.6 is 11.3 Å². The van der Waals surface area contributed by atoms with Gasteiger partial charge in [-0.25, -0.2) is 8.42 Å². The quantitative estimate of drug-likeness (QED) is 0.767. The van der Waals surface area contributed by atoms with E-state index in [1.807, 2.05) is 6.92 Å². The van der Waals surface area contributed by atoms with Gasteiger partial charge in [0.2, 0.25) is 15.2 Å². The van der Waals surface area contributed by atoms with Crippen LogP contribution in [0.5, 0.6) is 0 Å². The molecule has 1 aromatic heterocycles. The van der Waals surface area contributed by atoms with E-state index in [2.05, 4.69) is 14.9 Å². The first-order chi connectivity index (χ1) is 7.07. The van der Waals surface area contributed by atoms with Crippen LogP contribution in [0.2, 0.25) is 0 Å². The van der Waals surface area contributed by atoms with Crippen molar-refractivity contribution in [3.63, 3.8) is 0 Å². The summed E-state index contributed by atoms with van der Waals surface area (Å²) in [5.74, 6) is 0.112. The van der Waals surface area contributed by atoms with Gasteiger partial charge in [0.1, 0.15) is 5.01 Å². The summed E-state index contributed by atoms with van der Waals surface area (Å²) in [5, 5.41) is 8.29. The average molecular weight is 250 g/mol. The molecule has 3 N–H and O–H groups in total. The van der Waals surface area contributed by atoms with Gasteiger partial charge < -0.3 is 5.73 Å². The van der Waals surface area contributed by atoms with Crippen LogP contribution in [0.4, 0.5) is 5.13 Å². The second kappa shape index (κ2) is 5.38. The van der Waals surface area contributed by atoms with Gasteiger partial charge in [-0.1, -0.05) is 24.7 Å². The Morgan fingerprint density at radius 3 is 2.73 bits per heavy atom. The number of rotatable bonds is 6. The number of aromatic nitrogens is 2. The van der Waals surface area contributed by atoms with E-state index < -0.39 is 10.0 Å². The molecule has 8 heteroatoms. The third-order valence-electron chi connectivity index (χ3n) is 1.65. The number of sulfonamides is 1. The molecular formula is C7H14N4O2S2. The Labute approximate surface area is 93.0 Å². The molecule has 0 fully saturated rings. The second-order valence-electron chi connectivity index (χ2n) is 2.98. The van der Waals surface area contributed by atoms with E-state index in [1.54, 1.807) is 0 Å². The van der Waals surface area contributed by atoms with Crippen LogP contribution in [-0.2, 0) is 16.6 Å². The first kappa shape index (κ1) is 12.3.